The number of aliphatic hydroxyl groups excluding tert-OH is 1. The molecule has 1 atom stereocenters. The monoisotopic (exact) mass is 264 g/mol. The molecule has 0 bridgehead atoms. The summed E-state index contributed by atoms with van der Waals surface area (Å²) in [5.41, 5.74) is 0.688. The first-order chi connectivity index (χ1) is 9.11. The van der Waals surface area contributed by atoms with E-state index in [4.69, 9.17) is 14.9 Å². The summed E-state index contributed by atoms with van der Waals surface area (Å²) in [4.78, 5) is 0. The highest BCUT2D eigenvalue weighted by molar-refractivity contribution is 5.34. The Kier molecular flexibility index (Phi) is 4.35. The van der Waals surface area contributed by atoms with Gasteiger partial charge in [0.1, 0.15) is 11.6 Å². The third-order valence-corrected chi connectivity index (χ3v) is 3.07. The van der Waals surface area contributed by atoms with Gasteiger partial charge < -0.3 is 14.9 Å². The van der Waals surface area contributed by atoms with E-state index in [1.54, 1.807) is 6.07 Å². The average molecular weight is 264 g/mol. The number of hydrogen-bond donors (Lipinski definition) is 2. The molecule has 102 valence electrons. The maximum Gasteiger partial charge on any atom is 0.178 e. The molecule has 0 amide bonds. The molecule has 4 heteroatoms. The quantitative estimate of drug-likeness (QED) is 0.822. The van der Waals surface area contributed by atoms with Crippen LogP contribution >= 0.6 is 0 Å². The molecule has 2 N–H and O–H groups in total. The average Bonchev–Trinajstić information content (AvgIpc) is 2.39. The topological polar surface area (TPSA) is 49.7 Å². The van der Waals surface area contributed by atoms with Crippen LogP contribution in [0.5, 0.6) is 0 Å². The van der Waals surface area contributed by atoms with Gasteiger partial charge in [-0.1, -0.05) is 18.2 Å². The Labute approximate surface area is 111 Å². The van der Waals surface area contributed by atoms with E-state index in [1.807, 2.05) is 25.2 Å². The number of allylic oxidation sites excluding steroid dienone is 3. The zero-order valence-corrected chi connectivity index (χ0v) is 10.7. The number of ether oxygens (including phenoxy) is 1. The van der Waals surface area contributed by atoms with Crippen LogP contribution < -0.4 is 0 Å². The molecule has 1 aliphatic carbocycles. The van der Waals surface area contributed by atoms with E-state index in [9.17, 15) is 4.39 Å². The van der Waals surface area contributed by atoms with Crippen molar-refractivity contribution in [1.29, 1.82) is 0 Å². The smallest absolute Gasteiger partial charge is 0.178 e. The van der Waals surface area contributed by atoms with Gasteiger partial charge in [0, 0.05) is 11.5 Å². The van der Waals surface area contributed by atoms with Gasteiger partial charge >= 0.3 is 0 Å². The number of aliphatic hydroxyl groups is 2. The van der Waals surface area contributed by atoms with Crippen molar-refractivity contribution in [2.75, 3.05) is 6.61 Å². The Morgan fingerprint density at radius 2 is 2.21 bits per heavy atom. The molecule has 0 saturated heterocycles. The molecule has 0 fully saturated rings. The molecule has 1 aromatic carbocycles. The fraction of sp³-hybridized carbons (Fsp3) is 0.333. The van der Waals surface area contributed by atoms with Crippen LogP contribution in [0.1, 0.15) is 36.7 Å². The minimum Gasteiger partial charge on any atom is -0.494 e. The van der Waals surface area contributed by atoms with E-state index in [1.165, 1.54) is 6.07 Å². The van der Waals surface area contributed by atoms with Crippen LogP contribution in [0.2, 0.25) is 0 Å². The van der Waals surface area contributed by atoms with Gasteiger partial charge in [-0.05, 0) is 37.1 Å². The van der Waals surface area contributed by atoms with Gasteiger partial charge in [0.05, 0.1) is 6.61 Å². The maximum absolute atomic E-state index is 14.0. The van der Waals surface area contributed by atoms with E-state index in [2.05, 4.69) is 0 Å². The molecule has 0 radical (unpaired) electrons. The summed E-state index contributed by atoms with van der Waals surface area (Å²) < 4.78 is 19.4. The minimum atomic E-state index is -1.65. The van der Waals surface area contributed by atoms with Gasteiger partial charge in [0.15, 0.2) is 6.29 Å². The lowest BCUT2D eigenvalue weighted by Crippen LogP contribution is -2.05. The van der Waals surface area contributed by atoms with Gasteiger partial charge in [0.25, 0.3) is 0 Å². The Balaban J connectivity index is 2.25. The number of rotatable bonds is 4. The highest BCUT2D eigenvalue weighted by Gasteiger charge is 2.17. The number of benzene rings is 1. The Hall–Kier alpha value is -1.65. The van der Waals surface area contributed by atoms with E-state index in [0.29, 0.717) is 18.6 Å². The molecular weight excluding hydrogens is 247 g/mol. The molecule has 1 aliphatic rings. The van der Waals surface area contributed by atoms with Crippen molar-refractivity contribution >= 4 is 0 Å². The van der Waals surface area contributed by atoms with Crippen molar-refractivity contribution in [3.63, 3.8) is 0 Å². The van der Waals surface area contributed by atoms with Gasteiger partial charge in [-0.2, -0.15) is 0 Å². The van der Waals surface area contributed by atoms with Gasteiger partial charge in [-0.3, -0.25) is 0 Å². The molecule has 0 saturated carbocycles. The summed E-state index contributed by atoms with van der Waals surface area (Å²) in [6.07, 6.45) is 4.77. The summed E-state index contributed by atoms with van der Waals surface area (Å²) in [7, 11) is 0. The second-order valence-electron chi connectivity index (χ2n) is 4.40. The van der Waals surface area contributed by atoms with Crippen molar-refractivity contribution in [3.05, 3.63) is 59.1 Å². The zero-order chi connectivity index (χ0) is 13.8. The molecular formula is C15H17FO3. The van der Waals surface area contributed by atoms with Crippen LogP contribution in [0.3, 0.4) is 0 Å². The summed E-state index contributed by atoms with van der Waals surface area (Å²) >= 11 is 0. The van der Waals surface area contributed by atoms with Crippen LogP contribution in [-0.4, -0.2) is 16.8 Å². The molecule has 3 nitrogen and oxygen atoms in total. The highest BCUT2D eigenvalue weighted by atomic mass is 19.1. The van der Waals surface area contributed by atoms with E-state index in [0.717, 1.165) is 11.8 Å². The summed E-state index contributed by atoms with van der Waals surface area (Å²) in [6, 6.07) is 4.27. The second kappa shape index (κ2) is 5.99. The number of halogens is 1. The molecule has 0 spiro atoms. The van der Waals surface area contributed by atoms with Crippen molar-refractivity contribution in [1.82, 2.24) is 0 Å². The van der Waals surface area contributed by atoms with Crippen molar-refractivity contribution < 1.29 is 19.3 Å². The number of hydrogen-bond acceptors (Lipinski definition) is 3. The Morgan fingerprint density at radius 3 is 2.84 bits per heavy atom. The van der Waals surface area contributed by atoms with Crippen LogP contribution in [-0.2, 0) is 4.74 Å². The van der Waals surface area contributed by atoms with E-state index in [-0.39, 0.29) is 11.5 Å². The second-order valence-corrected chi connectivity index (χ2v) is 4.40. The first kappa shape index (κ1) is 13.8. The third-order valence-electron chi connectivity index (χ3n) is 3.07. The van der Waals surface area contributed by atoms with Crippen molar-refractivity contribution in [2.45, 2.75) is 25.6 Å². The largest absolute Gasteiger partial charge is 0.494 e. The highest BCUT2D eigenvalue weighted by Crippen LogP contribution is 2.30. The lowest BCUT2D eigenvalue weighted by Gasteiger charge is -2.18. The molecule has 2 rings (SSSR count). The lowest BCUT2D eigenvalue weighted by atomic mass is 9.91. The Bertz CT molecular complexity index is 506. The molecule has 1 unspecified atom stereocenters. The molecule has 0 aromatic heterocycles. The fourth-order valence-electron chi connectivity index (χ4n) is 2.14. The normalized spacial score (nSPS) is 18.6. The van der Waals surface area contributed by atoms with Gasteiger partial charge in [-0.15, -0.1) is 0 Å². The van der Waals surface area contributed by atoms with Gasteiger partial charge in [0.2, 0.25) is 0 Å². The SMILES string of the molecule is CCOC1=CC(c2ccc(C(O)O)cc2F)CC=C1. The molecule has 19 heavy (non-hydrogen) atoms. The fourth-order valence-corrected chi connectivity index (χ4v) is 2.14. The Morgan fingerprint density at radius 1 is 1.42 bits per heavy atom. The van der Waals surface area contributed by atoms with Crippen molar-refractivity contribution in [2.24, 2.45) is 0 Å². The molecule has 1 aromatic rings. The maximum atomic E-state index is 14.0. The van der Waals surface area contributed by atoms with Crippen LogP contribution in [0.4, 0.5) is 4.39 Å². The molecule has 0 aliphatic heterocycles. The zero-order valence-electron chi connectivity index (χ0n) is 10.7. The van der Waals surface area contributed by atoms with Crippen LogP contribution in [0.25, 0.3) is 0 Å². The summed E-state index contributed by atoms with van der Waals surface area (Å²) in [6.45, 7) is 2.47. The minimum absolute atomic E-state index is 0.0866. The van der Waals surface area contributed by atoms with Gasteiger partial charge in [-0.25, -0.2) is 4.39 Å². The predicted molar refractivity (Wildman–Crippen MR) is 69.8 cm³/mol. The lowest BCUT2D eigenvalue weighted by molar-refractivity contribution is -0.0427. The van der Waals surface area contributed by atoms with E-state index < -0.39 is 12.1 Å². The predicted octanol–water partition coefficient (Wildman–Crippen LogP) is 2.77. The summed E-state index contributed by atoms with van der Waals surface area (Å²) in [5, 5.41) is 18.0. The third kappa shape index (κ3) is 3.22. The van der Waals surface area contributed by atoms with Crippen molar-refractivity contribution in [3.8, 4) is 0 Å². The van der Waals surface area contributed by atoms with E-state index >= 15 is 0 Å². The summed E-state index contributed by atoms with van der Waals surface area (Å²) in [5.74, 6) is 0.221. The standard InChI is InChI=1S/C15H17FO3/c1-2-19-12-5-3-4-10(8-12)13-7-6-11(15(17)18)9-14(13)16/h3,5-10,15,17-18H,2,4H2,1H3. The van der Waals surface area contributed by atoms with Crippen LogP contribution in [0, 0.1) is 5.82 Å². The molecule has 0 heterocycles. The first-order valence-corrected chi connectivity index (χ1v) is 6.28. The van der Waals surface area contributed by atoms with Crippen LogP contribution in [0.15, 0.2) is 42.2 Å². The first-order valence-electron chi connectivity index (χ1n) is 6.28.